The number of aromatic nitrogens is 1. The number of hydrogen-bond donors (Lipinski definition) is 1. The molecule has 0 atom stereocenters. The predicted molar refractivity (Wildman–Crippen MR) is 70.3 cm³/mol. The van der Waals surface area contributed by atoms with E-state index < -0.39 is 11.8 Å². The predicted octanol–water partition coefficient (Wildman–Crippen LogP) is -1.00. The first-order valence-corrected chi connectivity index (χ1v) is 6.36. The molecule has 2 rings (SSSR count). The Labute approximate surface area is 116 Å². The number of pyridine rings is 1. The minimum atomic E-state index is -0.631. The second-order valence-electron chi connectivity index (χ2n) is 4.48. The Morgan fingerprint density at radius 3 is 2.65 bits per heavy atom. The minimum absolute atomic E-state index is 0.271. The van der Waals surface area contributed by atoms with Gasteiger partial charge in [0.2, 0.25) is 6.41 Å². The van der Waals surface area contributed by atoms with Crippen molar-refractivity contribution in [2.45, 2.75) is 6.54 Å². The Morgan fingerprint density at radius 2 is 2.05 bits per heavy atom. The number of carbonyl (C=O) groups is 3. The van der Waals surface area contributed by atoms with Gasteiger partial charge in [-0.3, -0.25) is 19.4 Å². The largest absolute Gasteiger partial charge is 0.344 e. The molecule has 0 bridgehead atoms. The van der Waals surface area contributed by atoms with E-state index in [2.05, 4.69) is 10.3 Å². The summed E-state index contributed by atoms with van der Waals surface area (Å²) in [5.41, 5.74) is 0.833. The number of carbonyl (C=O) groups excluding carboxylic acids is 3. The Bertz CT molecular complexity index is 484. The van der Waals surface area contributed by atoms with Gasteiger partial charge in [-0.25, -0.2) is 0 Å². The van der Waals surface area contributed by atoms with Gasteiger partial charge >= 0.3 is 11.8 Å². The highest BCUT2D eigenvalue weighted by Crippen LogP contribution is 2.01. The average Bonchev–Trinajstić information content (AvgIpc) is 2.53. The van der Waals surface area contributed by atoms with Crippen molar-refractivity contribution in [1.29, 1.82) is 0 Å². The van der Waals surface area contributed by atoms with Crippen molar-refractivity contribution in [3.63, 3.8) is 0 Å². The number of hydrogen-bond acceptors (Lipinski definition) is 4. The number of piperazine rings is 1. The van der Waals surface area contributed by atoms with Crippen LogP contribution in [0.25, 0.3) is 0 Å². The molecule has 1 aromatic heterocycles. The van der Waals surface area contributed by atoms with E-state index in [1.54, 1.807) is 23.4 Å². The molecule has 106 valence electrons. The maximum Gasteiger partial charge on any atom is 0.312 e. The Kier molecular flexibility index (Phi) is 4.65. The lowest BCUT2D eigenvalue weighted by Gasteiger charge is -2.31. The number of nitrogens with zero attached hydrogens (tertiary/aromatic N) is 3. The lowest BCUT2D eigenvalue weighted by atomic mass is 10.3. The zero-order chi connectivity index (χ0) is 14.4. The summed E-state index contributed by atoms with van der Waals surface area (Å²) >= 11 is 0. The molecule has 1 aliphatic rings. The van der Waals surface area contributed by atoms with Crippen molar-refractivity contribution in [2.75, 3.05) is 26.2 Å². The van der Waals surface area contributed by atoms with E-state index in [-0.39, 0.29) is 6.54 Å². The van der Waals surface area contributed by atoms with Crippen LogP contribution in [0, 0.1) is 0 Å². The zero-order valence-corrected chi connectivity index (χ0v) is 11.0. The molecular weight excluding hydrogens is 260 g/mol. The molecule has 3 amide bonds. The third-order valence-corrected chi connectivity index (χ3v) is 3.12. The summed E-state index contributed by atoms with van der Waals surface area (Å²) in [5, 5.41) is 2.57. The molecule has 1 fully saturated rings. The van der Waals surface area contributed by atoms with Crippen LogP contribution >= 0.6 is 0 Å². The maximum atomic E-state index is 11.9. The van der Waals surface area contributed by atoms with E-state index in [1.807, 2.05) is 6.07 Å². The monoisotopic (exact) mass is 276 g/mol. The number of nitrogens with one attached hydrogen (secondary N) is 1. The van der Waals surface area contributed by atoms with Gasteiger partial charge in [0.25, 0.3) is 0 Å². The van der Waals surface area contributed by atoms with E-state index in [0.29, 0.717) is 26.2 Å². The standard InChI is InChI=1S/C13H16N4O3/c18-10-16-4-6-17(7-5-16)13(20)12(19)15-9-11-2-1-3-14-8-11/h1-3,8,10H,4-7,9H2,(H,15,19). The van der Waals surface area contributed by atoms with Crippen molar-refractivity contribution in [2.24, 2.45) is 0 Å². The smallest absolute Gasteiger partial charge is 0.312 e. The van der Waals surface area contributed by atoms with Crippen LogP contribution in [0.3, 0.4) is 0 Å². The minimum Gasteiger partial charge on any atom is -0.344 e. The van der Waals surface area contributed by atoms with Gasteiger partial charge in [0.05, 0.1) is 0 Å². The van der Waals surface area contributed by atoms with Gasteiger partial charge in [-0.15, -0.1) is 0 Å². The highest BCUT2D eigenvalue weighted by Gasteiger charge is 2.25. The Hall–Kier alpha value is -2.44. The molecule has 7 nitrogen and oxygen atoms in total. The summed E-state index contributed by atoms with van der Waals surface area (Å²) < 4.78 is 0. The first kappa shape index (κ1) is 14.0. The van der Waals surface area contributed by atoms with Crippen LogP contribution in [0.15, 0.2) is 24.5 Å². The fourth-order valence-electron chi connectivity index (χ4n) is 1.93. The molecule has 2 heterocycles. The van der Waals surface area contributed by atoms with Crippen molar-refractivity contribution in [3.8, 4) is 0 Å². The Balaban J connectivity index is 1.80. The van der Waals surface area contributed by atoms with Gasteiger partial charge in [-0.2, -0.15) is 0 Å². The third kappa shape index (κ3) is 3.53. The fourth-order valence-corrected chi connectivity index (χ4v) is 1.93. The Morgan fingerprint density at radius 1 is 1.30 bits per heavy atom. The second-order valence-corrected chi connectivity index (χ2v) is 4.48. The average molecular weight is 276 g/mol. The molecular formula is C13H16N4O3. The van der Waals surface area contributed by atoms with Gasteiger partial charge in [0, 0.05) is 45.1 Å². The van der Waals surface area contributed by atoms with Gasteiger partial charge in [-0.1, -0.05) is 6.07 Å². The van der Waals surface area contributed by atoms with Gasteiger partial charge in [-0.05, 0) is 11.6 Å². The van der Waals surface area contributed by atoms with E-state index in [1.165, 1.54) is 4.90 Å². The lowest BCUT2D eigenvalue weighted by Crippen LogP contribution is -2.52. The first-order chi connectivity index (χ1) is 9.70. The van der Waals surface area contributed by atoms with Crippen LogP contribution < -0.4 is 5.32 Å². The summed E-state index contributed by atoms with van der Waals surface area (Å²) in [6.07, 6.45) is 4.03. The van der Waals surface area contributed by atoms with Crippen molar-refractivity contribution < 1.29 is 14.4 Å². The lowest BCUT2D eigenvalue weighted by molar-refractivity contribution is -0.147. The van der Waals surface area contributed by atoms with Crippen molar-refractivity contribution in [3.05, 3.63) is 30.1 Å². The number of amides is 3. The summed E-state index contributed by atoms with van der Waals surface area (Å²) in [6.45, 7) is 1.97. The SMILES string of the molecule is O=CN1CCN(C(=O)C(=O)NCc2cccnc2)CC1. The molecule has 20 heavy (non-hydrogen) atoms. The fraction of sp³-hybridized carbons (Fsp3) is 0.385. The molecule has 1 saturated heterocycles. The normalized spacial score (nSPS) is 14.8. The van der Waals surface area contributed by atoms with Crippen molar-refractivity contribution >= 4 is 18.2 Å². The van der Waals surface area contributed by atoms with Crippen molar-refractivity contribution in [1.82, 2.24) is 20.1 Å². The summed E-state index contributed by atoms with van der Waals surface area (Å²) in [5.74, 6) is -1.19. The summed E-state index contributed by atoms with van der Waals surface area (Å²) in [7, 11) is 0. The van der Waals surface area contributed by atoms with Crippen LogP contribution in [-0.4, -0.2) is 59.2 Å². The first-order valence-electron chi connectivity index (χ1n) is 6.36. The quantitative estimate of drug-likeness (QED) is 0.567. The number of rotatable bonds is 3. The summed E-state index contributed by atoms with van der Waals surface area (Å²) in [4.78, 5) is 41.2. The van der Waals surface area contributed by atoms with Gasteiger partial charge in [0.15, 0.2) is 0 Å². The topological polar surface area (TPSA) is 82.6 Å². The molecule has 0 unspecified atom stereocenters. The van der Waals surface area contributed by atoms with E-state index in [9.17, 15) is 14.4 Å². The van der Waals surface area contributed by atoms with Crippen LogP contribution in [0.1, 0.15) is 5.56 Å². The van der Waals surface area contributed by atoms with Gasteiger partial charge in [0.1, 0.15) is 0 Å². The van der Waals surface area contributed by atoms with E-state index >= 15 is 0 Å². The second kappa shape index (κ2) is 6.65. The zero-order valence-electron chi connectivity index (χ0n) is 11.0. The molecule has 0 aliphatic carbocycles. The van der Waals surface area contributed by atoms with Crippen LogP contribution in [0.4, 0.5) is 0 Å². The molecule has 7 heteroatoms. The highest BCUT2D eigenvalue weighted by atomic mass is 16.2. The highest BCUT2D eigenvalue weighted by molar-refractivity contribution is 6.35. The maximum absolute atomic E-state index is 11.9. The van der Waals surface area contributed by atoms with Crippen LogP contribution in [-0.2, 0) is 20.9 Å². The molecule has 1 N–H and O–H groups in total. The molecule has 0 radical (unpaired) electrons. The molecule has 0 saturated carbocycles. The molecule has 1 aliphatic heterocycles. The van der Waals surface area contributed by atoms with Crippen LogP contribution in [0.2, 0.25) is 0 Å². The van der Waals surface area contributed by atoms with E-state index in [4.69, 9.17) is 0 Å². The van der Waals surface area contributed by atoms with Crippen LogP contribution in [0.5, 0.6) is 0 Å². The third-order valence-electron chi connectivity index (χ3n) is 3.12. The molecule has 1 aromatic rings. The van der Waals surface area contributed by atoms with Gasteiger partial charge < -0.3 is 15.1 Å². The molecule has 0 spiro atoms. The summed E-state index contributed by atoms with van der Waals surface area (Å²) in [6, 6.07) is 3.59. The van der Waals surface area contributed by atoms with E-state index in [0.717, 1.165) is 12.0 Å². The molecule has 0 aromatic carbocycles.